The van der Waals surface area contributed by atoms with Gasteiger partial charge in [0.1, 0.15) is 0 Å². The molecule has 1 aromatic carbocycles. The zero-order valence-corrected chi connectivity index (χ0v) is 10.1. The zero-order chi connectivity index (χ0) is 14.6. The van der Waals surface area contributed by atoms with E-state index < -0.39 is 23.7 Å². The van der Waals surface area contributed by atoms with Gasteiger partial charge >= 0.3 is 5.97 Å². The average Bonchev–Trinajstić information content (AvgIpc) is 2.34. The van der Waals surface area contributed by atoms with Gasteiger partial charge in [-0.25, -0.2) is 0 Å². The molecule has 0 saturated carbocycles. The van der Waals surface area contributed by atoms with Crippen molar-refractivity contribution in [1.29, 1.82) is 0 Å². The molecule has 0 aliphatic heterocycles. The number of primary amides is 1. The van der Waals surface area contributed by atoms with Crippen LogP contribution in [0.4, 0.5) is 5.69 Å². The molecule has 0 aliphatic carbocycles. The summed E-state index contributed by atoms with van der Waals surface area (Å²) in [6.45, 7) is 0. The molecule has 102 valence electrons. The number of hydrogen-bond donors (Lipinski definition) is 4. The Bertz CT molecular complexity index is 528. The highest BCUT2D eigenvalue weighted by Crippen LogP contribution is 2.16. The van der Waals surface area contributed by atoms with E-state index in [1.165, 1.54) is 18.2 Å². The maximum Gasteiger partial charge on any atom is 0.303 e. The van der Waals surface area contributed by atoms with Gasteiger partial charge in [-0.1, -0.05) is 0 Å². The molecule has 1 aromatic rings. The van der Waals surface area contributed by atoms with Gasteiger partial charge in [0.15, 0.2) is 5.78 Å². The summed E-state index contributed by atoms with van der Waals surface area (Å²) in [5.74, 6) is -2.37. The Labute approximate surface area is 109 Å². The van der Waals surface area contributed by atoms with Crippen molar-refractivity contribution in [2.24, 2.45) is 11.5 Å². The van der Waals surface area contributed by atoms with E-state index in [0.29, 0.717) is 5.69 Å². The van der Waals surface area contributed by atoms with Gasteiger partial charge in [0.2, 0.25) is 5.91 Å². The number of benzene rings is 1. The van der Waals surface area contributed by atoms with Crippen LogP contribution in [0.15, 0.2) is 18.2 Å². The van der Waals surface area contributed by atoms with Crippen molar-refractivity contribution in [2.75, 3.05) is 5.73 Å². The third-order valence-corrected chi connectivity index (χ3v) is 2.58. The molecule has 1 rings (SSSR count). The minimum Gasteiger partial charge on any atom is -0.481 e. The number of amides is 1. The Balaban J connectivity index is 3.01. The number of aliphatic carboxylic acids is 1. The molecule has 0 bridgehead atoms. The highest BCUT2D eigenvalue weighted by atomic mass is 16.4. The lowest BCUT2D eigenvalue weighted by atomic mass is 9.96. The Hall–Kier alpha value is -2.41. The van der Waals surface area contributed by atoms with Crippen molar-refractivity contribution in [3.05, 3.63) is 29.3 Å². The molecule has 1 amide bonds. The zero-order valence-electron chi connectivity index (χ0n) is 10.1. The van der Waals surface area contributed by atoms with E-state index in [9.17, 15) is 14.4 Å². The molecule has 0 aromatic heterocycles. The quantitative estimate of drug-likeness (QED) is 0.411. The number of rotatable bonds is 6. The summed E-state index contributed by atoms with van der Waals surface area (Å²) in [7, 11) is 0. The van der Waals surface area contributed by atoms with Crippen LogP contribution in [-0.4, -0.2) is 28.8 Å². The average molecular weight is 265 g/mol. The van der Waals surface area contributed by atoms with E-state index in [1.54, 1.807) is 0 Å². The number of carbonyl (C=O) groups excluding carboxylic acids is 2. The van der Waals surface area contributed by atoms with Gasteiger partial charge in [0.25, 0.3) is 0 Å². The first-order valence-corrected chi connectivity index (χ1v) is 5.54. The van der Waals surface area contributed by atoms with Gasteiger partial charge in [-0.2, -0.15) is 0 Å². The fourth-order valence-corrected chi connectivity index (χ4v) is 1.59. The van der Waals surface area contributed by atoms with Gasteiger partial charge in [0, 0.05) is 17.7 Å². The molecular weight excluding hydrogens is 250 g/mol. The molecule has 0 spiro atoms. The van der Waals surface area contributed by atoms with Gasteiger partial charge in [-0.05, 0) is 24.6 Å². The van der Waals surface area contributed by atoms with Gasteiger partial charge < -0.3 is 22.3 Å². The molecule has 0 aliphatic rings. The predicted octanol–water partition coefficient (Wildman–Crippen LogP) is -0.258. The third kappa shape index (κ3) is 3.78. The largest absolute Gasteiger partial charge is 0.481 e. The number of carboxylic acids is 1. The topological polar surface area (TPSA) is 150 Å². The van der Waals surface area contributed by atoms with Crippen molar-refractivity contribution < 1.29 is 19.5 Å². The minimum absolute atomic E-state index is 0.0185. The first kappa shape index (κ1) is 14.7. The molecule has 19 heavy (non-hydrogen) atoms. The number of nitrogens with two attached hydrogens (primary N) is 3. The van der Waals surface area contributed by atoms with Crippen LogP contribution in [0.25, 0.3) is 0 Å². The number of ketones is 1. The summed E-state index contributed by atoms with van der Waals surface area (Å²) < 4.78 is 0. The van der Waals surface area contributed by atoms with Gasteiger partial charge in [-0.3, -0.25) is 14.4 Å². The molecule has 0 saturated heterocycles. The smallest absolute Gasteiger partial charge is 0.303 e. The van der Waals surface area contributed by atoms with Crippen LogP contribution in [0.5, 0.6) is 0 Å². The SMILES string of the molecule is NC(=O)c1ccc(N)cc1C(=O)C(N)CCC(=O)O. The number of hydrogen-bond acceptors (Lipinski definition) is 5. The first-order valence-electron chi connectivity index (χ1n) is 5.54. The number of anilines is 1. The van der Waals surface area contributed by atoms with E-state index in [0.717, 1.165) is 0 Å². The molecule has 7 nitrogen and oxygen atoms in total. The highest BCUT2D eigenvalue weighted by Gasteiger charge is 2.21. The van der Waals surface area contributed by atoms with E-state index in [-0.39, 0.29) is 24.0 Å². The molecule has 0 heterocycles. The first-order chi connectivity index (χ1) is 8.82. The van der Waals surface area contributed by atoms with Crippen molar-refractivity contribution in [2.45, 2.75) is 18.9 Å². The summed E-state index contributed by atoms with van der Waals surface area (Å²) >= 11 is 0. The molecule has 1 unspecified atom stereocenters. The molecule has 1 atom stereocenters. The second-order valence-electron chi connectivity index (χ2n) is 4.07. The highest BCUT2D eigenvalue weighted by molar-refractivity contribution is 6.10. The Morgan fingerprint density at radius 1 is 1.21 bits per heavy atom. The summed E-state index contributed by atoms with van der Waals surface area (Å²) in [5, 5.41) is 8.54. The summed E-state index contributed by atoms with van der Waals surface area (Å²) in [6.07, 6.45) is -0.262. The Morgan fingerprint density at radius 3 is 2.37 bits per heavy atom. The fourth-order valence-electron chi connectivity index (χ4n) is 1.59. The summed E-state index contributed by atoms with van der Waals surface area (Å²) in [4.78, 5) is 33.7. The number of nitrogen functional groups attached to an aromatic ring is 1. The number of carboxylic acid groups (broad SMARTS) is 1. The number of Topliss-reactive ketones (excluding diaryl/α,β-unsaturated/α-hetero) is 1. The van der Waals surface area contributed by atoms with Crippen LogP contribution in [0.2, 0.25) is 0 Å². The molecular formula is C12H15N3O4. The van der Waals surface area contributed by atoms with Gasteiger partial charge in [0.05, 0.1) is 11.6 Å². The molecule has 0 radical (unpaired) electrons. The lowest BCUT2D eigenvalue weighted by Crippen LogP contribution is -2.33. The van der Waals surface area contributed by atoms with Crippen LogP contribution in [0.1, 0.15) is 33.6 Å². The van der Waals surface area contributed by atoms with Crippen molar-refractivity contribution in [1.82, 2.24) is 0 Å². The molecule has 0 fully saturated rings. The Kier molecular flexibility index (Phi) is 4.60. The maximum atomic E-state index is 12.1. The Morgan fingerprint density at radius 2 is 1.84 bits per heavy atom. The van der Waals surface area contributed by atoms with Crippen LogP contribution < -0.4 is 17.2 Å². The summed E-state index contributed by atoms with van der Waals surface area (Å²) in [6, 6.07) is 3.08. The predicted molar refractivity (Wildman–Crippen MR) is 68.5 cm³/mol. The van der Waals surface area contributed by atoms with E-state index in [1.807, 2.05) is 0 Å². The normalized spacial score (nSPS) is 11.8. The van der Waals surface area contributed by atoms with E-state index >= 15 is 0 Å². The van der Waals surface area contributed by atoms with Crippen LogP contribution in [-0.2, 0) is 4.79 Å². The van der Waals surface area contributed by atoms with Gasteiger partial charge in [-0.15, -0.1) is 0 Å². The van der Waals surface area contributed by atoms with Crippen LogP contribution >= 0.6 is 0 Å². The standard InChI is InChI=1S/C12H15N3O4/c13-6-1-2-7(12(15)19)8(5-6)11(18)9(14)3-4-10(16)17/h1-2,5,9H,3-4,13-14H2,(H2,15,19)(H,16,17). The second-order valence-corrected chi connectivity index (χ2v) is 4.07. The lowest BCUT2D eigenvalue weighted by Gasteiger charge is -2.12. The third-order valence-electron chi connectivity index (χ3n) is 2.58. The second kappa shape index (κ2) is 5.96. The summed E-state index contributed by atoms with van der Waals surface area (Å²) in [5.41, 5.74) is 16.6. The van der Waals surface area contributed by atoms with Crippen LogP contribution in [0.3, 0.4) is 0 Å². The van der Waals surface area contributed by atoms with E-state index in [4.69, 9.17) is 22.3 Å². The molecule has 7 N–H and O–H groups in total. The van der Waals surface area contributed by atoms with Crippen LogP contribution in [0, 0.1) is 0 Å². The maximum absolute atomic E-state index is 12.1. The monoisotopic (exact) mass is 265 g/mol. The fraction of sp³-hybridized carbons (Fsp3) is 0.250. The minimum atomic E-state index is -1.05. The molecule has 7 heteroatoms. The lowest BCUT2D eigenvalue weighted by molar-refractivity contribution is -0.137. The van der Waals surface area contributed by atoms with Crippen molar-refractivity contribution in [3.63, 3.8) is 0 Å². The van der Waals surface area contributed by atoms with Crippen molar-refractivity contribution in [3.8, 4) is 0 Å². The van der Waals surface area contributed by atoms with Crippen molar-refractivity contribution >= 4 is 23.3 Å². The van der Waals surface area contributed by atoms with E-state index in [2.05, 4.69) is 0 Å². The number of carbonyl (C=O) groups is 3.